The Morgan fingerprint density at radius 2 is 2.12 bits per heavy atom. The molecule has 1 spiro atoms. The number of aromatic nitrogens is 2. The number of hydrogen-bond acceptors (Lipinski definition) is 4. The normalized spacial score (nSPS) is 28.8. The summed E-state index contributed by atoms with van der Waals surface area (Å²) < 4.78 is 5.43. The van der Waals surface area contributed by atoms with Gasteiger partial charge in [0.25, 0.3) is 5.91 Å². The predicted octanol–water partition coefficient (Wildman–Crippen LogP) is 1.04. The Kier molecular flexibility index (Phi) is 4.04. The van der Waals surface area contributed by atoms with Crippen LogP contribution in [0.15, 0.2) is 12.3 Å². The number of H-pyrrole nitrogens is 1. The molecule has 3 saturated heterocycles. The first kappa shape index (κ1) is 15.6. The number of amides is 2. The molecule has 4 heterocycles. The third kappa shape index (κ3) is 2.60. The lowest BCUT2D eigenvalue weighted by molar-refractivity contribution is -0.150. The van der Waals surface area contributed by atoms with Crippen molar-refractivity contribution in [3.8, 4) is 0 Å². The van der Waals surface area contributed by atoms with Crippen LogP contribution < -0.4 is 0 Å². The van der Waals surface area contributed by atoms with Crippen molar-refractivity contribution < 1.29 is 14.3 Å². The van der Waals surface area contributed by atoms with E-state index in [1.165, 1.54) is 0 Å². The van der Waals surface area contributed by atoms with E-state index in [1.807, 2.05) is 0 Å². The van der Waals surface area contributed by atoms with Gasteiger partial charge in [-0.25, -0.2) is 0 Å². The molecule has 7 heteroatoms. The zero-order chi connectivity index (χ0) is 16.6. The second-order valence-corrected chi connectivity index (χ2v) is 7.17. The maximum atomic E-state index is 13.2. The van der Waals surface area contributed by atoms with Gasteiger partial charge in [-0.15, -0.1) is 0 Å². The highest BCUT2D eigenvalue weighted by atomic mass is 16.5. The van der Waals surface area contributed by atoms with Crippen LogP contribution in [0.1, 0.15) is 42.6 Å². The highest BCUT2D eigenvalue weighted by molar-refractivity contribution is 5.93. The summed E-state index contributed by atoms with van der Waals surface area (Å²) in [6, 6.07) is 1.99. The minimum Gasteiger partial charge on any atom is -0.381 e. The first-order chi connectivity index (χ1) is 11.7. The molecule has 3 aliphatic heterocycles. The van der Waals surface area contributed by atoms with Gasteiger partial charge in [0.15, 0.2) is 0 Å². The summed E-state index contributed by atoms with van der Waals surface area (Å²) in [7, 11) is 0. The molecule has 0 radical (unpaired) electrons. The lowest BCUT2D eigenvalue weighted by Gasteiger charge is -2.44. The topological polar surface area (TPSA) is 78.5 Å². The van der Waals surface area contributed by atoms with E-state index in [9.17, 15) is 9.59 Å². The molecule has 4 rings (SSSR count). The van der Waals surface area contributed by atoms with Gasteiger partial charge in [-0.05, 0) is 38.2 Å². The summed E-state index contributed by atoms with van der Waals surface area (Å²) in [6.07, 6.45) is 6.12. The molecule has 1 N–H and O–H groups in total. The Bertz CT molecular complexity index is 611. The van der Waals surface area contributed by atoms with Crippen LogP contribution in [-0.4, -0.2) is 70.7 Å². The van der Waals surface area contributed by atoms with Crippen molar-refractivity contribution in [1.82, 2.24) is 20.0 Å². The van der Waals surface area contributed by atoms with Crippen molar-refractivity contribution >= 4 is 11.8 Å². The smallest absolute Gasteiger partial charge is 0.271 e. The number of hydrogen-bond donors (Lipinski definition) is 1. The third-order valence-corrected chi connectivity index (χ3v) is 5.77. The molecule has 0 aromatic carbocycles. The highest BCUT2D eigenvalue weighted by Gasteiger charge is 2.50. The molecular formula is C17H24N4O3. The number of rotatable bonds is 2. The average molecular weight is 332 g/mol. The van der Waals surface area contributed by atoms with Gasteiger partial charge in [-0.3, -0.25) is 14.7 Å². The maximum absolute atomic E-state index is 13.2. The molecule has 3 fully saturated rings. The van der Waals surface area contributed by atoms with Crippen molar-refractivity contribution in [2.45, 2.75) is 38.1 Å². The molecule has 24 heavy (non-hydrogen) atoms. The van der Waals surface area contributed by atoms with Gasteiger partial charge in [-0.2, -0.15) is 5.10 Å². The second-order valence-electron chi connectivity index (χ2n) is 7.17. The van der Waals surface area contributed by atoms with Crippen LogP contribution in [0.4, 0.5) is 0 Å². The Morgan fingerprint density at radius 1 is 1.29 bits per heavy atom. The van der Waals surface area contributed by atoms with Gasteiger partial charge in [0.05, 0.1) is 5.41 Å². The van der Waals surface area contributed by atoms with Crippen LogP contribution in [0, 0.1) is 5.41 Å². The molecule has 130 valence electrons. The molecule has 0 unspecified atom stereocenters. The number of likely N-dealkylation sites (tertiary alicyclic amines) is 2. The largest absolute Gasteiger partial charge is 0.381 e. The number of ether oxygens (including phenoxy) is 1. The molecule has 0 aliphatic carbocycles. The molecule has 1 aromatic rings. The standard InChI is InChI=1S/C17H24N4O3/c22-15(14-2-7-18-19-14)20-9-6-17(12-20)5-1-8-21(16(17)23)13-3-10-24-11-4-13/h2,7,13H,1,3-6,8-12H2,(H,18,19)/t17-/m0/s1. The summed E-state index contributed by atoms with van der Waals surface area (Å²) in [5, 5.41) is 6.57. The van der Waals surface area contributed by atoms with Gasteiger partial charge < -0.3 is 14.5 Å². The van der Waals surface area contributed by atoms with E-state index in [0.717, 1.165) is 51.9 Å². The lowest BCUT2D eigenvalue weighted by atomic mass is 9.77. The maximum Gasteiger partial charge on any atom is 0.271 e. The van der Waals surface area contributed by atoms with Gasteiger partial charge in [0.1, 0.15) is 5.69 Å². The number of nitrogens with zero attached hydrogens (tertiary/aromatic N) is 3. The Balaban J connectivity index is 1.48. The van der Waals surface area contributed by atoms with E-state index in [4.69, 9.17) is 4.74 Å². The van der Waals surface area contributed by atoms with Gasteiger partial charge in [-0.1, -0.05) is 0 Å². The van der Waals surface area contributed by atoms with Crippen LogP contribution in [0.2, 0.25) is 0 Å². The third-order valence-electron chi connectivity index (χ3n) is 5.77. The molecule has 7 nitrogen and oxygen atoms in total. The van der Waals surface area contributed by atoms with E-state index in [0.29, 0.717) is 24.8 Å². The predicted molar refractivity (Wildman–Crippen MR) is 86.3 cm³/mol. The number of carbonyl (C=O) groups excluding carboxylic acids is 2. The van der Waals surface area contributed by atoms with E-state index in [-0.39, 0.29) is 17.2 Å². The molecule has 0 bridgehead atoms. The number of nitrogens with one attached hydrogen (secondary N) is 1. The molecular weight excluding hydrogens is 308 g/mol. The van der Waals surface area contributed by atoms with Gasteiger partial charge in [0, 0.05) is 45.1 Å². The first-order valence-electron chi connectivity index (χ1n) is 8.87. The minimum atomic E-state index is -0.383. The van der Waals surface area contributed by atoms with E-state index >= 15 is 0 Å². The van der Waals surface area contributed by atoms with Crippen LogP contribution in [0.5, 0.6) is 0 Å². The average Bonchev–Trinajstić information content (AvgIpc) is 3.29. The van der Waals surface area contributed by atoms with Crippen LogP contribution in [0.25, 0.3) is 0 Å². The van der Waals surface area contributed by atoms with E-state index in [2.05, 4.69) is 15.1 Å². The lowest BCUT2D eigenvalue weighted by Crippen LogP contribution is -2.55. The Hall–Kier alpha value is -1.89. The molecule has 0 saturated carbocycles. The van der Waals surface area contributed by atoms with Gasteiger partial charge in [0.2, 0.25) is 5.91 Å². The molecule has 1 aromatic heterocycles. The summed E-state index contributed by atoms with van der Waals surface area (Å²) in [4.78, 5) is 29.7. The number of carbonyl (C=O) groups is 2. The number of piperidine rings is 1. The first-order valence-corrected chi connectivity index (χ1v) is 8.87. The monoisotopic (exact) mass is 332 g/mol. The van der Waals surface area contributed by atoms with Crippen LogP contribution in [0.3, 0.4) is 0 Å². The molecule has 1 atom stereocenters. The molecule has 2 amide bonds. The number of aromatic amines is 1. The van der Waals surface area contributed by atoms with E-state index in [1.54, 1.807) is 17.2 Å². The van der Waals surface area contributed by atoms with Crippen molar-refractivity contribution in [3.05, 3.63) is 18.0 Å². The minimum absolute atomic E-state index is 0.0552. The van der Waals surface area contributed by atoms with Crippen molar-refractivity contribution in [2.24, 2.45) is 5.41 Å². The second kappa shape index (κ2) is 6.20. The SMILES string of the molecule is O=C(c1ccn[nH]1)N1CC[C@@]2(CCCN(C3CCOCC3)C2=O)C1. The Labute approximate surface area is 141 Å². The fraction of sp³-hybridized carbons (Fsp3) is 0.706. The highest BCUT2D eigenvalue weighted by Crippen LogP contribution is 2.41. The van der Waals surface area contributed by atoms with E-state index < -0.39 is 0 Å². The van der Waals surface area contributed by atoms with Crippen LogP contribution >= 0.6 is 0 Å². The quantitative estimate of drug-likeness (QED) is 0.878. The summed E-state index contributed by atoms with van der Waals surface area (Å²) in [5.41, 5.74) is 0.114. The van der Waals surface area contributed by atoms with Crippen LogP contribution in [-0.2, 0) is 9.53 Å². The zero-order valence-electron chi connectivity index (χ0n) is 13.9. The molecule has 3 aliphatic rings. The Morgan fingerprint density at radius 3 is 2.88 bits per heavy atom. The van der Waals surface area contributed by atoms with Crippen molar-refractivity contribution in [3.63, 3.8) is 0 Å². The summed E-state index contributed by atoms with van der Waals surface area (Å²) in [5.74, 6) is 0.195. The fourth-order valence-electron chi connectivity index (χ4n) is 4.42. The zero-order valence-corrected chi connectivity index (χ0v) is 13.9. The van der Waals surface area contributed by atoms with Crippen molar-refractivity contribution in [1.29, 1.82) is 0 Å². The fourth-order valence-corrected chi connectivity index (χ4v) is 4.42. The van der Waals surface area contributed by atoms with Gasteiger partial charge >= 0.3 is 0 Å². The summed E-state index contributed by atoms with van der Waals surface area (Å²) >= 11 is 0. The van der Waals surface area contributed by atoms with Crippen molar-refractivity contribution in [2.75, 3.05) is 32.8 Å². The summed E-state index contributed by atoms with van der Waals surface area (Å²) in [6.45, 7) is 3.51.